The van der Waals surface area contributed by atoms with Gasteiger partial charge in [0.15, 0.2) is 11.5 Å². The lowest BCUT2D eigenvalue weighted by Gasteiger charge is -2.11. The van der Waals surface area contributed by atoms with Crippen molar-refractivity contribution in [2.75, 3.05) is 13.7 Å². The first-order valence-corrected chi connectivity index (χ1v) is 6.06. The van der Waals surface area contributed by atoms with Crippen LogP contribution >= 0.6 is 0 Å². The second kappa shape index (κ2) is 6.89. The third-order valence-electron chi connectivity index (χ3n) is 2.24. The Morgan fingerprint density at radius 1 is 1.28 bits per heavy atom. The fourth-order valence-corrected chi connectivity index (χ4v) is 1.57. The summed E-state index contributed by atoms with van der Waals surface area (Å²) >= 11 is 0. The SMILES string of the molecule is CCOc1ccc(CC(=O)OC(C)C)cc1OC. The molecule has 0 heterocycles. The van der Waals surface area contributed by atoms with Crippen LogP contribution in [0, 0.1) is 0 Å². The number of benzene rings is 1. The highest BCUT2D eigenvalue weighted by molar-refractivity contribution is 5.73. The number of carbonyl (C=O) groups is 1. The number of ether oxygens (including phenoxy) is 3. The van der Waals surface area contributed by atoms with Gasteiger partial charge in [-0.1, -0.05) is 6.07 Å². The molecule has 1 aromatic rings. The predicted molar refractivity (Wildman–Crippen MR) is 69.1 cm³/mol. The highest BCUT2D eigenvalue weighted by atomic mass is 16.5. The molecule has 0 atom stereocenters. The highest BCUT2D eigenvalue weighted by Crippen LogP contribution is 2.28. The molecule has 1 aromatic carbocycles. The summed E-state index contributed by atoms with van der Waals surface area (Å²) in [7, 11) is 1.58. The van der Waals surface area contributed by atoms with E-state index in [0.29, 0.717) is 18.1 Å². The second-order valence-electron chi connectivity index (χ2n) is 4.13. The first-order valence-electron chi connectivity index (χ1n) is 6.06. The van der Waals surface area contributed by atoms with Crippen molar-refractivity contribution >= 4 is 5.97 Å². The zero-order chi connectivity index (χ0) is 13.5. The van der Waals surface area contributed by atoms with Crippen LogP contribution in [0.1, 0.15) is 26.3 Å². The average Bonchev–Trinajstić information content (AvgIpc) is 2.30. The van der Waals surface area contributed by atoms with Gasteiger partial charge in [0, 0.05) is 0 Å². The van der Waals surface area contributed by atoms with E-state index in [1.54, 1.807) is 19.2 Å². The van der Waals surface area contributed by atoms with E-state index >= 15 is 0 Å². The van der Waals surface area contributed by atoms with Crippen LogP contribution in [0.5, 0.6) is 11.5 Å². The van der Waals surface area contributed by atoms with Gasteiger partial charge in [-0.2, -0.15) is 0 Å². The molecule has 100 valence electrons. The molecule has 0 bridgehead atoms. The molecule has 0 saturated carbocycles. The van der Waals surface area contributed by atoms with Gasteiger partial charge >= 0.3 is 5.97 Å². The van der Waals surface area contributed by atoms with Gasteiger partial charge in [0.25, 0.3) is 0 Å². The molecule has 18 heavy (non-hydrogen) atoms. The van der Waals surface area contributed by atoms with Crippen LogP contribution in [0.15, 0.2) is 18.2 Å². The fourth-order valence-electron chi connectivity index (χ4n) is 1.57. The maximum Gasteiger partial charge on any atom is 0.310 e. The summed E-state index contributed by atoms with van der Waals surface area (Å²) in [6, 6.07) is 5.45. The molecular formula is C14H20O4. The smallest absolute Gasteiger partial charge is 0.310 e. The topological polar surface area (TPSA) is 44.8 Å². The lowest BCUT2D eigenvalue weighted by molar-refractivity contribution is -0.146. The lowest BCUT2D eigenvalue weighted by atomic mass is 10.1. The fraction of sp³-hybridized carbons (Fsp3) is 0.500. The zero-order valence-corrected chi connectivity index (χ0v) is 11.4. The molecule has 0 spiro atoms. The standard InChI is InChI=1S/C14H20O4/c1-5-17-12-7-6-11(8-13(12)16-4)9-14(15)18-10(2)3/h6-8,10H,5,9H2,1-4H3. The third kappa shape index (κ3) is 4.28. The minimum atomic E-state index is -0.240. The molecule has 4 heteroatoms. The molecular weight excluding hydrogens is 232 g/mol. The minimum absolute atomic E-state index is 0.0953. The first-order chi connectivity index (χ1) is 8.56. The molecule has 0 fully saturated rings. The first kappa shape index (κ1) is 14.4. The molecule has 0 amide bonds. The van der Waals surface area contributed by atoms with E-state index in [2.05, 4.69) is 0 Å². The highest BCUT2D eigenvalue weighted by Gasteiger charge is 2.10. The van der Waals surface area contributed by atoms with Gasteiger partial charge < -0.3 is 14.2 Å². The Kier molecular flexibility index (Phi) is 5.49. The molecule has 0 unspecified atom stereocenters. The Labute approximate surface area is 108 Å². The summed E-state index contributed by atoms with van der Waals surface area (Å²) in [5.41, 5.74) is 0.848. The normalized spacial score (nSPS) is 10.3. The maximum atomic E-state index is 11.5. The van der Waals surface area contributed by atoms with Gasteiger partial charge in [0.05, 0.1) is 26.2 Å². The largest absolute Gasteiger partial charge is 0.493 e. The van der Waals surface area contributed by atoms with Crippen molar-refractivity contribution in [2.24, 2.45) is 0 Å². The zero-order valence-electron chi connectivity index (χ0n) is 11.4. The maximum absolute atomic E-state index is 11.5. The van der Waals surface area contributed by atoms with Gasteiger partial charge in [-0.25, -0.2) is 0 Å². The van der Waals surface area contributed by atoms with Crippen molar-refractivity contribution in [3.63, 3.8) is 0 Å². The van der Waals surface area contributed by atoms with Crippen LogP contribution in [0.2, 0.25) is 0 Å². The van der Waals surface area contributed by atoms with Gasteiger partial charge in [0.1, 0.15) is 0 Å². The Morgan fingerprint density at radius 2 is 2.00 bits per heavy atom. The van der Waals surface area contributed by atoms with Crippen molar-refractivity contribution in [1.29, 1.82) is 0 Å². The monoisotopic (exact) mass is 252 g/mol. The molecule has 4 nitrogen and oxygen atoms in total. The number of hydrogen-bond donors (Lipinski definition) is 0. The molecule has 0 aliphatic rings. The Hall–Kier alpha value is -1.71. The van der Waals surface area contributed by atoms with E-state index in [-0.39, 0.29) is 18.5 Å². The van der Waals surface area contributed by atoms with E-state index in [1.165, 1.54) is 0 Å². The van der Waals surface area contributed by atoms with Crippen LogP contribution in [0.4, 0.5) is 0 Å². The third-order valence-corrected chi connectivity index (χ3v) is 2.24. The van der Waals surface area contributed by atoms with Crippen molar-refractivity contribution in [3.05, 3.63) is 23.8 Å². The summed E-state index contributed by atoms with van der Waals surface area (Å²) in [5, 5.41) is 0. The Morgan fingerprint density at radius 3 is 2.56 bits per heavy atom. The lowest BCUT2D eigenvalue weighted by Crippen LogP contribution is -2.13. The summed E-state index contributed by atoms with van der Waals surface area (Å²) in [5.74, 6) is 1.07. The Bertz CT molecular complexity index is 399. The van der Waals surface area contributed by atoms with Crippen LogP contribution < -0.4 is 9.47 Å². The average molecular weight is 252 g/mol. The quantitative estimate of drug-likeness (QED) is 0.730. The van der Waals surface area contributed by atoms with Crippen molar-refractivity contribution in [3.8, 4) is 11.5 Å². The van der Waals surface area contributed by atoms with E-state index in [1.807, 2.05) is 26.8 Å². The van der Waals surface area contributed by atoms with E-state index in [4.69, 9.17) is 14.2 Å². The minimum Gasteiger partial charge on any atom is -0.493 e. The van der Waals surface area contributed by atoms with Crippen LogP contribution in [0.3, 0.4) is 0 Å². The molecule has 0 saturated heterocycles. The van der Waals surface area contributed by atoms with Gasteiger partial charge in [-0.3, -0.25) is 4.79 Å². The van der Waals surface area contributed by atoms with Crippen molar-refractivity contribution < 1.29 is 19.0 Å². The number of esters is 1. The molecule has 1 rings (SSSR count). The number of rotatable bonds is 6. The predicted octanol–water partition coefficient (Wildman–Crippen LogP) is 2.59. The van der Waals surface area contributed by atoms with E-state index in [9.17, 15) is 4.79 Å². The second-order valence-corrected chi connectivity index (χ2v) is 4.13. The molecule has 0 aliphatic heterocycles. The molecule has 0 radical (unpaired) electrons. The van der Waals surface area contributed by atoms with Crippen LogP contribution in [-0.4, -0.2) is 25.8 Å². The van der Waals surface area contributed by atoms with Crippen molar-refractivity contribution in [2.45, 2.75) is 33.3 Å². The molecule has 0 aromatic heterocycles. The number of hydrogen-bond acceptors (Lipinski definition) is 4. The van der Waals surface area contributed by atoms with E-state index < -0.39 is 0 Å². The summed E-state index contributed by atoms with van der Waals surface area (Å²) < 4.78 is 15.7. The molecule has 0 aliphatic carbocycles. The number of carbonyl (C=O) groups excluding carboxylic acids is 1. The van der Waals surface area contributed by atoms with Gasteiger partial charge in [-0.05, 0) is 38.5 Å². The summed E-state index contributed by atoms with van der Waals surface area (Å²) in [4.78, 5) is 11.5. The summed E-state index contributed by atoms with van der Waals surface area (Å²) in [6.45, 7) is 6.14. The van der Waals surface area contributed by atoms with Gasteiger partial charge in [0.2, 0.25) is 0 Å². The number of methoxy groups -OCH3 is 1. The Balaban J connectivity index is 2.76. The van der Waals surface area contributed by atoms with E-state index in [0.717, 1.165) is 5.56 Å². The van der Waals surface area contributed by atoms with Gasteiger partial charge in [-0.15, -0.1) is 0 Å². The van der Waals surface area contributed by atoms with Crippen molar-refractivity contribution in [1.82, 2.24) is 0 Å². The molecule has 0 N–H and O–H groups in total. The van der Waals surface area contributed by atoms with Crippen LogP contribution in [-0.2, 0) is 16.0 Å². The van der Waals surface area contributed by atoms with Crippen LogP contribution in [0.25, 0.3) is 0 Å². The summed E-state index contributed by atoms with van der Waals surface area (Å²) in [6.07, 6.45) is 0.142.